The van der Waals surface area contributed by atoms with Crippen molar-refractivity contribution in [3.63, 3.8) is 0 Å². The highest BCUT2D eigenvalue weighted by molar-refractivity contribution is 6.66. The van der Waals surface area contributed by atoms with Gasteiger partial charge >= 0.3 is 11.9 Å². The van der Waals surface area contributed by atoms with Crippen LogP contribution in [0.3, 0.4) is 0 Å². The number of allylic oxidation sites excluding steroid dienone is 2. The molecule has 2 aliphatic carbocycles. The number of rotatable bonds is 6. The standard InChI is InChI=1S/C15H12Cl6O4/c1-3-5-24-11(22)7-8(12(23)25-6-4-2)14(19)10(17)9(16)13(7,18)15(14,20)21/h3-4,7-8H,1-2,5-6H2/t7-,8+,13-,14-/m0/s1. The van der Waals surface area contributed by atoms with Crippen LogP contribution in [-0.4, -0.2) is 39.2 Å². The number of hydrogen-bond acceptors (Lipinski definition) is 4. The molecule has 0 N–H and O–H groups in total. The van der Waals surface area contributed by atoms with Crippen molar-refractivity contribution in [3.05, 3.63) is 35.4 Å². The molecule has 0 saturated heterocycles. The van der Waals surface area contributed by atoms with Crippen LogP contribution >= 0.6 is 69.6 Å². The summed E-state index contributed by atoms with van der Waals surface area (Å²) in [6.07, 6.45) is 2.68. The molecule has 4 nitrogen and oxygen atoms in total. The van der Waals surface area contributed by atoms with Crippen LogP contribution in [0.15, 0.2) is 35.4 Å². The molecule has 4 atom stereocenters. The molecule has 0 aromatic rings. The third-order valence-corrected chi connectivity index (χ3v) is 8.39. The second kappa shape index (κ2) is 7.14. The largest absolute Gasteiger partial charge is 0.461 e. The second-order valence-electron chi connectivity index (χ2n) is 5.42. The van der Waals surface area contributed by atoms with Gasteiger partial charge in [-0.1, -0.05) is 71.7 Å². The third-order valence-electron chi connectivity index (χ3n) is 4.13. The average molecular weight is 469 g/mol. The maximum Gasteiger partial charge on any atom is 0.312 e. The minimum absolute atomic E-state index is 0.126. The highest BCUT2D eigenvalue weighted by Gasteiger charge is 2.85. The van der Waals surface area contributed by atoms with E-state index in [-0.39, 0.29) is 23.3 Å². The molecule has 0 amide bonds. The van der Waals surface area contributed by atoms with Gasteiger partial charge in [-0.05, 0) is 0 Å². The van der Waals surface area contributed by atoms with Gasteiger partial charge in [0.2, 0.25) is 0 Å². The maximum absolute atomic E-state index is 12.6. The molecular weight excluding hydrogens is 457 g/mol. The molecule has 2 bridgehead atoms. The molecule has 0 radical (unpaired) electrons. The summed E-state index contributed by atoms with van der Waals surface area (Å²) >= 11 is 38.3. The zero-order valence-corrected chi connectivity index (χ0v) is 17.1. The Bertz CT molecular complexity index is 621. The lowest BCUT2D eigenvalue weighted by molar-refractivity contribution is -0.159. The fourth-order valence-electron chi connectivity index (χ4n) is 3.04. The zero-order valence-electron chi connectivity index (χ0n) is 12.5. The summed E-state index contributed by atoms with van der Waals surface area (Å²) < 4.78 is 7.98. The molecule has 0 unspecified atom stereocenters. The van der Waals surface area contributed by atoms with Crippen molar-refractivity contribution < 1.29 is 19.1 Å². The summed E-state index contributed by atoms with van der Waals surface area (Å²) in [6.45, 7) is 6.63. The van der Waals surface area contributed by atoms with Crippen LogP contribution in [0.4, 0.5) is 0 Å². The number of alkyl halides is 4. The minimum Gasteiger partial charge on any atom is -0.461 e. The molecule has 1 saturated carbocycles. The van der Waals surface area contributed by atoms with Crippen LogP contribution in [0.25, 0.3) is 0 Å². The van der Waals surface area contributed by atoms with Crippen LogP contribution in [0.1, 0.15) is 0 Å². The van der Waals surface area contributed by atoms with Crippen molar-refractivity contribution in [2.24, 2.45) is 11.8 Å². The number of ether oxygens (including phenoxy) is 2. The Labute approximate surface area is 174 Å². The Hall–Kier alpha value is -0.1000. The van der Waals surface area contributed by atoms with Crippen LogP contribution in [0.2, 0.25) is 0 Å². The number of hydrogen-bond donors (Lipinski definition) is 0. The Balaban J connectivity index is 2.62. The summed E-state index contributed by atoms with van der Waals surface area (Å²) in [5.41, 5.74) is 0. The van der Waals surface area contributed by atoms with Gasteiger partial charge in [0.15, 0.2) is 4.33 Å². The topological polar surface area (TPSA) is 52.6 Å². The molecule has 2 rings (SSSR count). The van der Waals surface area contributed by atoms with E-state index in [1.807, 2.05) is 0 Å². The fraction of sp³-hybridized carbons (Fsp3) is 0.467. The van der Waals surface area contributed by atoms with Gasteiger partial charge in [0.1, 0.15) is 23.0 Å². The molecule has 2 aliphatic rings. The van der Waals surface area contributed by atoms with E-state index in [0.717, 1.165) is 0 Å². The summed E-state index contributed by atoms with van der Waals surface area (Å²) in [5.74, 6) is -4.61. The van der Waals surface area contributed by atoms with Crippen LogP contribution in [-0.2, 0) is 19.1 Å². The van der Waals surface area contributed by atoms with E-state index >= 15 is 0 Å². The summed E-state index contributed by atoms with van der Waals surface area (Å²) in [5, 5.41) is -0.437. The lowest BCUT2D eigenvalue weighted by Gasteiger charge is -2.33. The van der Waals surface area contributed by atoms with Crippen LogP contribution in [0.5, 0.6) is 0 Å². The molecule has 0 aromatic heterocycles. The number of carbonyl (C=O) groups is 2. The molecule has 10 heteroatoms. The first-order chi connectivity index (χ1) is 11.5. The number of carbonyl (C=O) groups excluding carboxylic acids is 2. The van der Waals surface area contributed by atoms with Crippen LogP contribution < -0.4 is 0 Å². The predicted molar refractivity (Wildman–Crippen MR) is 99.6 cm³/mol. The fourth-order valence-corrected chi connectivity index (χ4v) is 5.96. The highest BCUT2D eigenvalue weighted by atomic mass is 35.5. The first-order valence-electron chi connectivity index (χ1n) is 6.90. The smallest absolute Gasteiger partial charge is 0.312 e. The van der Waals surface area contributed by atoms with Crippen LogP contribution in [0, 0.1) is 11.8 Å². The van der Waals surface area contributed by atoms with Crippen molar-refractivity contribution in [2.45, 2.75) is 14.1 Å². The SMILES string of the molecule is C=CCOC(=O)[C@@H]1[C@H](C(=O)OCC=C)[C@]2(Cl)C(Cl)=C(Cl)[C@]1(Cl)C2(Cl)Cl. The molecule has 138 valence electrons. The number of fused-ring (bicyclic) bond motifs is 2. The lowest BCUT2D eigenvalue weighted by Crippen LogP contribution is -2.46. The molecule has 0 spiro atoms. The van der Waals surface area contributed by atoms with Gasteiger partial charge < -0.3 is 9.47 Å². The summed E-state index contributed by atoms with van der Waals surface area (Å²) in [4.78, 5) is 21.2. The van der Waals surface area contributed by atoms with Gasteiger partial charge in [-0.15, -0.1) is 23.2 Å². The number of halogens is 6. The zero-order chi connectivity index (χ0) is 19.2. The second-order valence-corrected chi connectivity index (χ2v) is 8.69. The van der Waals surface area contributed by atoms with Gasteiger partial charge in [-0.3, -0.25) is 9.59 Å². The van der Waals surface area contributed by atoms with E-state index < -0.39 is 37.9 Å². The minimum atomic E-state index is -2.08. The molecule has 0 aliphatic heterocycles. The Morgan fingerprint density at radius 1 is 0.880 bits per heavy atom. The van der Waals surface area contributed by atoms with E-state index in [1.165, 1.54) is 12.2 Å². The van der Waals surface area contributed by atoms with Gasteiger partial charge in [0, 0.05) is 0 Å². The summed E-state index contributed by atoms with van der Waals surface area (Å²) in [6, 6.07) is 0. The van der Waals surface area contributed by atoms with E-state index in [4.69, 9.17) is 79.1 Å². The summed E-state index contributed by atoms with van der Waals surface area (Å²) in [7, 11) is 0. The van der Waals surface area contributed by atoms with Gasteiger partial charge in [0.05, 0.1) is 21.9 Å². The average Bonchev–Trinajstić information content (AvgIpc) is 2.77. The Kier molecular flexibility index (Phi) is 6.05. The monoisotopic (exact) mass is 466 g/mol. The molecule has 1 fully saturated rings. The van der Waals surface area contributed by atoms with Crippen molar-refractivity contribution in [1.29, 1.82) is 0 Å². The number of esters is 2. The van der Waals surface area contributed by atoms with E-state index in [9.17, 15) is 9.59 Å². The van der Waals surface area contributed by atoms with Gasteiger partial charge in [-0.2, -0.15) is 0 Å². The van der Waals surface area contributed by atoms with Crippen molar-refractivity contribution in [2.75, 3.05) is 13.2 Å². The first kappa shape index (κ1) is 21.2. The molecule has 0 aromatic carbocycles. The normalized spacial score (nSPS) is 35.4. The maximum atomic E-state index is 12.6. The van der Waals surface area contributed by atoms with Crippen molar-refractivity contribution in [1.82, 2.24) is 0 Å². The van der Waals surface area contributed by atoms with Gasteiger partial charge in [0.25, 0.3) is 0 Å². The van der Waals surface area contributed by atoms with Crippen molar-refractivity contribution >= 4 is 81.5 Å². The molecule has 25 heavy (non-hydrogen) atoms. The van der Waals surface area contributed by atoms with Crippen molar-refractivity contribution in [3.8, 4) is 0 Å². The Morgan fingerprint density at radius 3 is 1.48 bits per heavy atom. The van der Waals surface area contributed by atoms with E-state index in [2.05, 4.69) is 13.2 Å². The third kappa shape index (κ3) is 2.64. The van der Waals surface area contributed by atoms with Gasteiger partial charge in [-0.25, -0.2) is 0 Å². The van der Waals surface area contributed by atoms with E-state index in [1.54, 1.807) is 0 Å². The quantitative estimate of drug-likeness (QED) is 0.326. The molecular formula is C15H12Cl6O4. The highest BCUT2D eigenvalue weighted by Crippen LogP contribution is 2.76. The van der Waals surface area contributed by atoms with E-state index in [0.29, 0.717) is 0 Å². The lowest BCUT2D eigenvalue weighted by atomic mass is 9.82. The molecule has 0 heterocycles. The Morgan fingerprint density at radius 2 is 1.20 bits per heavy atom. The first-order valence-corrected chi connectivity index (χ1v) is 9.17. The predicted octanol–water partition coefficient (Wildman–Crippen LogP) is 4.52.